The van der Waals surface area contributed by atoms with E-state index in [2.05, 4.69) is 13.0 Å². The second kappa shape index (κ2) is 4.64. The maximum Gasteiger partial charge on any atom is 0.0652 e. The maximum atomic E-state index is 8.31. The zero-order valence-corrected chi connectivity index (χ0v) is 5.65. The van der Waals surface area contributed by atoms with Gasteiger partial charge in [-0.1, -0.05) is 19.8 Å². The average molecular weight is 111 g/mol. The van der Waals surface area contributed by atoms with E-state index in [9.17, 15) is 0 Å². The lowest BCUT2D eigenvalue weighted by Crippen LogP contribution is -1.87. The predicted molar refractivity (Wildman–Crippen MR) is 34.3 cm³/mol. The third kappa shape index (κ3) is 3.67. The molecule has 0 aliphatic carbocycles. The molecule has 0 aliphatic rings. The molecule has 0 aromatic heterocycles. The van der Waals surface area contributed by atoms with Crippen molar-refractivity contribution in [3.05, 3.63) is 0 Å². The molecule has 0 fully saturated rings. The van der Waals surface area contributed by atoms with Crippen molar-refractivity contribution in [2.45, 2.75) is 33.1 Å². The van der Waals surface area contributed by atoms with Gasteiger partial charge in [-0.15, -0.1) is 0 Å². The Kier molecular flexibility index (Phi) is 4.35. The SMILES string of the molecule is CCCC[C@@H](C)C#N. The molecule has 0 heterocycles. The van der Waals surface area contributed by atoms with Crippen LogP contribution in [0.3, 0.4) is 0 Å². The van der Waals surface area contributed by atoms with E-state index in [4.69, 9.17) is 5.26 Å². The van der Waals surface area contributed by atoms with Gasteiger partial charge in [0, 0.05) is 5.92 Å². The zero-order chi connectivity index (χ0) is 6.41. The van der Waals surface area contributed by atoms with Crippen LogP contribution in [-0.4, -0.2) is 0 Å². The molecule has 1 atom stereocenters. The second-order valence-electron chi connectivity index (χ2n) is 2.17. The first-order valence-electron chi connectivity index (χ1n) is 3.20. The minimum absolute atomic E-state index is 0.259. The summed E-state index contributed by atoms with van der Waals surface area (Å²) < 4.78 is 0. The summed E-state index contributed by atoms with van der Waals surface area (Å²) in [7, 11) is 0. The summed E-state index contributed by atoms with van der Waals surface area (Å²) in [6.45, 7) is 4.11. The van der Waals surface area contributed by atoms with Gasteiger partial charge in [0.1, 0.15) is 0 Å². The third-order valence-electron chi connectivity index (χ3n) is 1.21. The molecule has 0 radical (unpaired) electrons. The van der Waals surface area contributed by atoms with Crippen LogP contribution in [0.4, 0.5) is 0 Å². The summed E-state index contributed by atoms with van der Waals surface area (Å²) in [5.74, 6) is 0.259. The van der Waals surface area contributed by atoms with Crippen molar-refractivity contribution in [3.8, 4) is 6.07 Å². The number of hydrogen-bond acceptors (Lipinski definition) is 1. The van der Waals surface area contributed by atoms with Gasteiger partial charge in [0.05, 0.1) is 6.07 Å². The van der Waals surface area contributed by atoms with Crippen LogP contribution in [0.1, 0.15) is 33.1 Å². The monoisotopic (exact) mass is 111 g/mol. The van der Waals surface area contributed by atoms with Crippen LogP contribution in [-0.2, 0) is 0 Å². The molecule has 0 bridgehead atoms. The van der Waals surface area contributed by atoms with Crippen molar-refractivity contribution in [3.63, 3.8) is 0 Å². The predicted octanol–water partition coefficient (Wildman–Crippen LogP) is 2.34. The highest BCUT2D eigenvalue weighted by Gasteiger charge is 1.95. The van der Waals surface area contributed by atoms with E-state index < -0.39 is 0 Å². The zero-order valence-electron chi connectivity index (χ0n) is 5.65. The summed E-state index contributed by atoms with van der Waals surface area (Å²) in [5.41, 5.74) is 0. The summed E-state index contributed by atoms with van der Waals surface area (Å²) in [5, 5.41) is 8.31. The summed E-state index contributed by atoms with van der Waals surface area (Å²) >= 11 is 0. The molecule has 0 saturated heterocycles. The van der Waals surface area contributed by atoms with Crippen molar-refractivity contribution in [1.82, 2.24) is 0 Å². The molecule has 0 aliphatic heterocycles. The van der Waals surface area contributed by atoms with Gasteiger partial charge in [0.2, 0.25) is 0 Å². The Balaban J connectivity index is 3.02. The van der Waals surface area contributed by atoms with Gasteiger partial charge in [-0.05, 0) is 13.3 Å². The van der Waals surface area contributed by atoms with Gasteiger partial charge in [-0.3, -0.25) is 0 Å². The van der Waals surface area contributed by atoms with E-state index in [1.807, 2.05) is 6.92 Å². The third-order valence-corrected chi connectivity index (χ3v) is 1.21. The molecule has 0 aromatic carbocycles. The number of nitriles is 1. The Bertz CT molecular complexity index is 80.9. The summed E-state index contributed by atoms with van der Waals surface area (Å²) in [6, 6.07) is 2.20. The highest BCUT2D eigenvalue weighted by Crippen LogP contribution is 2.04. The van der Waals surface area contributed by atoms with Crippen LogP contribution in [0.2, 0.25) is 0 Å². The van der Waals surface area contributed by atoms with Crippen LogP contribution in [0.25, 0.3) is 0 Å². The minimum Gasteiger partial charge on any atom is -0.198 e. The molecule has 0 aromatic rings. The summed E-state index contributed by atoms with van der Waals surface area (Å²) in [6.07, 6.45) is 3.45. The van der Waals surface area contributed by atoms with Gasteiger partial charge in [0.15, 0.2) is 0 Å². The normalized spacial score (nSPS) is 12.6. The van der Waals surface area contributed by atoms with Crippen LogP contribution in [0.5, 0.6) is 0 Å². The Morgan fingerprint density at radius 2 is 2.25 bits per heavy atom. The van der Waals surface area contributed by atoms with Crippen molar-refractivity contribution >= 4 is 0 Å². The highest BCUT2D eigenvalue weighted by molar-refractivity contribution is 4.77. The first-order chi connectivity index (χ1) is 3.81. The molecule has 0 N–H and O–H groups in total. The lowest BCUT2D eigenvalue weighted by Gasteiger charge is -1.96. The van der Waals surface area contributed by atoms with Crippen molar-refractivity contribution in [2.75, 3.05) is 0 Å². The number of nitrogens with zero attached hydrogens (tertiary/aromatic N) is 1. The quantitative estimate of drug-likeness (QED) is 0.548. The maximum absolute atomic E-state index is 8.31. The smallest absolute Gasteiger partial charge is 0.0652 e. The van der Waals surface area contributed by atoms with E-state index >= 15 is 0 Å². The van der Waals surface area contributed by atoms with E-state index in [0.29, 0.717) is 0 Å². The Hall–Kier alpha value is -0.510. The first kappa shape index (κ1) is 7.49. The standard InChI is InChI=1S/C7H13N/c1-3-4-5-7(2)6-8/h7H,3-5H2,1-2H3/t7-/m1/s1. The number of hydrogen-bond donors (Lipinski definition) is 0. The molecule has 8 heavy (non-hydrogen) atoms. The molecule has 0 rings (SSSR count). The molecule has 0 unspecified atom stereocenters. The van der Waals surface area contributed by atoms with Gasteiger partial charge < -0.3 is 0 Å². The first-order valence-corrected chi connectivity index (χ1v) is 3.20. The second-order valence-corrected chi connectivity index (χ2v) is 2.17. The van der Waals surface area contributed by atoms with Gasteiger partial charge >= 0.3 is 0 Å². The Morgan fingerprint density at radius 1 is 1.62 bits per heavy atom. The fourth-order valence-electron chi connectivity index (χ4n) is 0.575. The molecule has 46 valence electrons. The van der Waals surface area contributed by atoms with Crippen molar-refractivity contribution in [1.29, 1.82) is 5.26 Å². The fraction of sp³-hybridized carbons (Fsp3) is 0.857. The average Bonchev–Trinajstić information content (AvgIpc) is 1.83. The van der Waals surface area contributed by atoms with E-state index in [0.717, 1.165) is 6.42 Å². The number of rotatable bonds is 3. The number of unbranched alkanes of at least 4 members (excludes halogenated alkanes) is 1. The minimum atomic E-state index is 0.259. The van der Waals surface area contributed by atoms with Crippen LogP contribution in [0.15, 0.2) is 0 Å². The summed E-state index contributed by atoms with van der Waals surface area (Å²) in [4.78, 5) is 0. The largest absolute Gasteiger partial charge is 0.198 e. The Morgan fingerprint density at radius 3 is 2.62 bits per heavy atom. The molecular formula is C7H13N. The molecular weight excluding hydrogens is 98.1 g/mol. The van der Waals surface area contributed by atoms with Crippen LogP contribution < -0.4 is 0 Å². The van der Waals surface area contributed by atoms with E-state index in [1.54, 1.807) is 0 Å². The molecule has 0 saturated carbocycles. The molecule has 0 amide bonds. The highest BCUT2D eigenvalue weighted by atomic mass is 14.2. The Labute approximate surface area is 51.3 Å². The topological polar surface area (TPSA) is 23.8 Å². The molecule has 1 heteroatoms. The van der Waals surface area contributed by atoms with Crippen LogP contribution in [0, 0.1) is 17.2 Å². The van der Waals surface area contributed by atoms with E-state index in [1.165, 1.54) is 12.8 Å². The lowest BCUT2D eigenvalue weighted by atomic mass is 10.1. The lowest BCUT2D eigenvalue weighted by molar-refractivity contribution is 0.608. The van der Waals surface area contributed by atoms with Gasteiger partial charge in [-0.25, -0.2) is 0 Å². The van der Waals surface area contributed by atoms with Crippen molar-refractivity contribution in [2.24, 2.45) is 5.92 Å². The van der Waals surface area contributed by atoms with Crippen LogP contribution >= 0.6 is 0 Å². The van der Waals surface area contributed by atoms with Gasteiger partial charge in [-0.2, -0.15) is 5.26 Å². The molecule has 1 nitrogen and oxygen atoms in total. The van der Waals surface area contributed by atoms with Crippen molar-refractivity contribution < 1.29 is 0 Å². The fourth-order valence-corrected chi connectivity index (χ4v) is 0.575. The van der Waals surface area contributed by atoms with Gasteiger partial charge in [0.25, 0.3) is 0 Å². The molecule has 0 spiro atoms. The van der Waals surface area contributed by atoms with E-state index in [-0.39, 0.29) is 5.92 Å².